The molecule has 122 valence electrons. The smallest absolute Gasteiger partial charge is 0.227 e. The van der Waals surface area contributed by atoms with E-state index in [0.29, 0.717) is 17.3 Å². The van der Waals surface area contributed by atoms with Crippen LogP contribution in [0.15, 0.2) is 24.3 Å². The lowest BCUT2D eigenvalue weighted by atomic mass is 10.0. The van der Waals surface area contributed by atoms with Crippen molar-refractivity contribution in [3.63, 3.8) is 0 Å². The fraction of sp³-hybridized carbons (Fsp3) is 0.412. The summed E-state index contributed by atoms with van der Waals surface area (Å²) in [4.78, 5) is 14.5. The van der Waals surface area contributed by atoms with Crippen molar-refractivity contribution >= 4 is 17.5 Å². The molecule has 1 amide bonds. The Labute approximate surface area is 139 Å². The van der Waals surface area contributed by atoms with Gasteiger partial charge >= 0.3 is 0 Å². The number of benzene rings is 1. The Bertz CT molecular complexity index is 743. The minimum atomic E-state index is -0.341. The molecule has 4 nitrogen and oxygen atoms in total. The molecular formula is C17H19ClFN3O. The number of carbonyl (C=O) groups excluding carboxylic acids is 1. The number of hydrogen-bond donors (Lipinski definition) is 0. The summed E-state index contributed by atoms with van der Waals surface area (Å²) in [6.45, 7) is 2.57. The number of aryl methyl sites for hydroxylation is 2. The second kappa shape index (κ2) is 6.32. The van der Waals surface area contributed by atoms with Crippen molar-refractivity contribution in [2.24, 2.45) is 7.05 Å². The standard InChI is InChI=1S/C17H19ClFN3O/c1-11-16(17(18)21(2)20-11)14-8-5-9-22(14)15(23)10-12-6-3-4-7-13(12)19/h3-4,6-7,14H,5,8-10H2,1-2H3. The third-order valence-electron chi connectivity index (χ3n) is 4.40. The van der Waals surface area contributed by atoms with Crippen LogP contribution in [0.25, 0.3) is 0 Å². The lowest BCUT2D eigenvalue weighted by Crippen LogP contribution is -2.32. The van der Waals surface area contributed by atoms with Crippen molar-refractivity contribution < 1.29 is 9.18 Å². The van der Waals surface area contributed by atoms with E-state index in [0.717, 1.165) is 24.1 Å². The Hall–Kier alpha value is -1.88. The molecule has 1 unspecified atom stereocenters. The first-order valence-electron chi connectivity index (χ1n) is 7.71. The van der Waals surface area contributed by atoms with Crippen molar-refractivity contribution in [3.8, 4) is 0 Å². The van der Waals surface area contributed by atoms with Gasteiger partial charge in [0, 0.05) is 19.2 Å². The van der Waals surface area contributed by atoms with Gasteiger partial charge in [-0.15, -0.1) is 0 Å². The number of nitrogens with zero attached hydrogens (tertiary/aromatic N) is 3. The van der Waals surface area contributed by atoms with Crippen LogP contribution in [0.4, 0.5) is 4.39 Å². The van der Waals surface area contributed by atoms with Crippen LogP contribution in [0, 0.1) is 12.7 Å². The maximum Gasteiger partial charge on any atom is 0.227 e. The Kier molecular flexibility index (Phi) is 4.39. The van der Waals surface area contributed by atoms with E-state index in [1.54, 1.807) is 29.9 Å². The number of hydrogen-bond acceptors (Lipinski definition) is 2. The molecule has 2 aromatic rings. The molecule has 3 rings (SSSR count). The average molecular weight is 336 g/mol. The van der Waals surface area contributed by atoms with Crippen LogP contribution in [-0.2, 0) is 18.3 Å². The van der Waals surface area contributed by atoms with Gasteiger partial charge in [0.25, 0.3) is 0 Å². The first-order chi connectivity index (χ1) is 11.0. The highest BCUT2D eigenvalue weighted by atomic mass is 35.5. The van der Waals surface area contributed by atoms with Gasteiger partial charge in [-0.2, -0.15) is 5.10 Å². The van der Waals surface area contributed by atoms with Gasteiger partial charge in [0.05, 0.1) is 18.2 Å². The summed E-state index contributed by atoms with van der Waals surface area (Å²) in [5.74, 6) is -0.413. The second-order valence-electron chi connectivity index (χ2n) is 5.93. The first-order valence-corrected chi connectivity index (χ1v) is 8.08. The third-order valence-corrected chi connectivity index (χ3v) is 4.85. The molecule has 0 radical (unpaired) electrons. The fourth-order valence-corrected chi connectivity index (χ4v) is 3.60. The van der Waals surface area contributed by atoms with Crippen LogP contribution < -0.4 is 0 Å². The Morgan fingerprint density at radius 3 is 2.83 bits per heavy atom. The van der Waals surface area contributed by atoms with Gasteiger partial charge in [-0.05, 0) is 31.4 Å². The SMILES string of the molecule is Cc1nn(C)c(Cl)c1C1CCCN1C(=O)Cc1ccccc1F. The molecule has 1 aliphatic rings. The zero-order valence-electron chi connectivity index (χ0n) is 13.2. The molecule has 1 atom stereocenters. The summed E-state index contributed by atoms with van der Waals surface area (Å²) in [5.41, 5.74) is 2.18. The van der Waals surface area contributed by atoms with Gasteiger partial charge in [0.2, 0.25) is 5.91 Å². The number of rotatable bonds is 3. The fourth-order valence-electron chi connectivity index (χ4n) is 3.30. The summed E-state index contributed by atoms with van der Waals surface area (Å²) >= 11 is 6.35. The highest BCUT2D eigenvalue weighted by Crippen LogP contribution is 2.37. The highest BCUT2D eigenvalue weighted by Gasteiger charge is 2.34. The zero-order valence-corrected chi connectivity index (χ0v) is 14.0. The van der Waals surface area contributed by atoms with Crippen LogP contribution in [0.2, 0.25) is 5.15 Å². The van der Waals surface area contributed by atoms with E-state index in [1.165, 1.54) is 6.07 Å². The molecule has 1 aliphatic heterocycles. The van der Waals surface area contributed by atoms with Gasteiger partial charge in [-0.1, -0.05) is 29.8 Å². The number of carbonyl (C=O) groups is 1. The largest absolute Gasteiger partial charge is 0.335 e. The topological polar surface area (TPSA) is 38.1 Å². The second-order valence-corrected chi connectivity index (χ2v) is 6.28. The van der Waals surface area contributed by atoms with Gasteiger partial charge in [0.15, 0.2) is 0 Å². The van der Waals surface area contributed by atoms with Crippen LogP contribution in [0.3, 0.4) is 0 Å². The Balaban J connectivity index is 1.84. The molecule has 1 aromatic carbocycles. The summed E-state index contributed by atoms with van der Waals surface area (Å²) in [7, 11) is 1.79. The molecule has 0 saturated carbocycles. The van der Waals surface area contributed by atoms with Crippen molar-refractivity contribution in [3.05, 3.63) is 52.1 Å². The summed E-state index contributed by atoms with van der Waals surface area (Å²) in [5, 5.41) is 4.90. The van der Waals surface area contributed by atoms with E-state index in [9.17, 15) is 9.18 Å². The lowest BCUT2D eigenvalue weighted by Gasteiger charge is -2.25. The molecule has 2 heterocycles. The predicted molar refractivity (Wildman–Crippen MR) is 86.7 cm³/mol. The minimum Gasteiger partial charge on any atom is -0.335 e. The summed E-state index contributed by atoms with van der Waals surface area (Å²) in [6.07, 6.45) is 1.84. The molecular weight excluding hydrogens is 317 g/mol. The van der Waals surface area contributed by atoms with Gasteiger partial charge in [0.1, 0.15) is 11.0 Å². The molecule has 0 aliphatic carbocycles. The van der Waals surface area contributed by atoms with E-state index in [4.69, 9.17) is 11.6 Å². The lowest BCUT2D eigenvalue weighted by molar-refractivity contribution is -0.131. The van der Waals surface area contributed by atoms with Crippen LogP contribution in [0.1, 0.15) is 35.7 Å². The average Bonchev–Trinajstić information content (AvgIpc) is 3.07. The quantitative estimate of drug-likeness (QED) is 0.862. The van der Waals surface area contributed by atoms with Gasteiger partial charge in [-0.25, -0.2) is 4.39 Å². The van der Waals surface area contributed by atoms with Crippen molar-refractivity contribution in [1.82, 2.24) is 14.7 Å². The normalized spacial score (nSPS) is 17.7. The van der Waals surface area contributed by atoms with Crippen LogP contribution in [-0.4, -0.2) is 27.1 Å². The first kappa shape index (κ1) is 16.0. The molecule has 0 N–H and O–H groups in total. The molecule has 1 fully saturated rings. The predicted octanol–water partition coefficient (Wildman–Crippen LogP) is 3.43. The monoisotopic (exact) mass is 335 g/mol. The summed E-state index contributed by atoms with van der Waals surface area (Å²) < 4.78 is 15.4. The third kappa shape index (κ3) is 2.98. The van der Waals surface area contributed by atoms with E-state index >= 15 is 0 Å². The number of likely N-dealkylation sites (tertiary alicyclic amines) is 1. The summed E-state index contributed by atoms with van der Waals surface area (Å²) in [6, 6.07) is 6.33. The van der Waals surface area contributed by atoms with E-state index in [-0.39, 0.29) is 24.2 Å². The van der Waals surface area contributed by atoms with Crippen molar-refractivity contribution in [2.75, 3.05) is 6.54 Å². The molecule has 0 bridgehead atoms. The molecule has 23 heavy (non-hydrogen) atoms. The van der Waals surface area contributed by atoms with Crippen LogP contribution >= 0.6 is 11.6 Å². The number of aromatic nitrogens is 2. The van der Waals surface area contributed by atoms with Gasteiger partial charge < -0.3 is 4.90 Å². The van der Waals surface area contributed by atoms with Gasteiger partial charge in [-0.3, -0.25) is 9.48 Å². The van der Waals surface area contributed by atoms with E-state index < -0.39 is 0 Å². The van der Waals surface area contributed by atoms with Crippen LogP contribution in [0.5, 0.6) is 0 Å². The van der Waals surface area contributed by atoms with Crippen molar-refractivity contribution in [1.29, 1.82) is 0 Å². The van der Waals surface area contributed by atoms with Crippen molar-refractivity contribution in [2.45, 2.75) is 32.2 Å². The molecule has 6 heteroatoms. The maximum absolute atomic E-state index is 13.8. The Morgan fingerprint density at radius 2 is 2.17 bits per heavy atom. The zero-order chi connectivity index (χ0) is 16.6. The van der Waals surface area contributed by atoms with E-state index in [2.05, 4.69) is 5.10 Å². The number of halogens is 2. The number of amides is 1. The highest BCUT2D eigenvalue weighted by molar-refractivity contribution is 6.30. The Morgan fingerprint density at radius 1 is 1.43 bits per heavy atom. The molecule has 1 saturated heterocycles. The maximum atomic E-state index is 13.8. The van der Waals surface area contributed by atoms with E-state index in [1.807, 2.05) is 11.8 Å². The molecule has 0 spiro atoms. The minimum absolute atomic E-state index is 0.0695. The molecule has 1 aromatic heterocycles.